The van der Waals surface area contributed by atoms with Gasteiger partial charge in [0.05, 0.1) is 6.10 Å². The van der Waals surface area contributed by atoms with Crippen molar-refractivity contribution in [2.24, 2.45) is 5.73 Å². The van der Waals surface area contributed by atoms with E-state index in [0.717, 1.165) is 19.5 Å². The molecule has 0 aliphatic carbocycles. The lowest BCUT2D eigenvalue weighted by Crippen LogP contribution is -2.47. The van der Waals surface area contributed by atoms with Gasteiger partial charge in [-0.15, -0.1) is 0 Å². The average molecular weight is 324 g/mol. The fourth-order valence-electron chi connectivity index (χ4n) is 3.64. The molecule has 0 bridgehead atoms. The highest BCUT2D eigenvalue weighted by atomic mass is 16.3. The molecule has 1 aliphatic rings. The standard InChI is InChI=1S/C21H28N2O/c22-20(14-17-8-3-1-4-9-17)21(24)16-23-13-7-12-19(15-23)18-10-5-2-6-11-18/h1-6,8-11,19-21,24H,7,12-16,22H2/t19-,20+,21-/m0/s1. The third-order valence-corrected chi connectivity index (χ3v) is 5.03. The molecule has 0 spiro atoms. The van der Waals surface area contributed by atoms with Gasteiger partial charge in [-0.1, -0.05) is 60.7 Å². The number of aliphatic hydroxyl groups excluding tert-OH is 1. The molecule has 1 fully saturated rings. The second-order valence-corrected chi connectivity index (χ2v) is 6.93. The predicted octanol–water partition coefficient (Wildman–Crippen LogP) is 2.80. The molecule has 1 heterocycles. The fourth-order valence-corrected chi connectivity index (χ4v) is 3.64. The highest BCUT2D eigenvalue weighted by Gasteiger charge is 2.25. The largest absolute Gasteiger partial charge is 0.390 e. The SMILES string of the molecule is N[C@H](Cc1ccccc1)[C@@H](O)CN1CCC[C@H](c2ccccc2)C1. The maximum absolute atomic E-state index is 10.5. The first-order chi connectivity index (χ1) is 11.7. The summed E-state index contributed by atoms with van der Waals surface area (Å²) in [7, 11) is 0. The number of hydrogen-bond donors (Lipinski definition) is 2. The Labute approximate surface area is 145 Å². The van der Waals surface area contributed by atoms with Gasteiger partial charge in [0, 0.05) is 19.1 Å². The molecule has 3 N–H and O–H groups in total. The van der Waals surface area contributed by atoms with E-state index in [0.29, 0.717) is 12.5 Å². The number of benzene rings is 2. The number of nitrogens with two attached hydrogens (primary N) is 1. The van der Waals surface area contributed by atoms with Crippen molar-refractivity contribution in [2.75, 3.05) is 19.6 Å². The second-order valence-electron chi connectivity index (χ2n) is 6.93. The first kappa shape index (κ1) is 17.2. The van der Waals surface area contributed by atoms with Crippen LogP contribution in [0, 0.1) is 0 Å². The van der Waals surface area contributed by atoms with Crippen molar-refractivity contribution < 1.29 is 5.11 Å². The Bertz CT molecular complexity index is 602. The molecule has 128 valence electrons. The summed E-state index contributed by atoms with van der Waals surface area (Å²) in [5.41, 5.74) is 8.83. The van der Waals surface area contributed by atoms with Crippen molar-refractivity contribution >= 4 is 0 Å². The van der Waals surface area contributed by atoms with Gasteiger partial charge in [0.15, 0.2) is 0 Å². The molecule has 0 saturated carbocycles. The van der Waals surface area contributed by atoms with Crippen LogP contribution < -0.4 is 5.73 Å². The average Bonchev–Trinajstić information content (AvgIpc) is 2.63. The first-order valence-electron chi connectivity index (χ1n) is 8.97. The van der Waals surface area contributed by atoms with Gasteiger partial charge >= 0.3 is 0 Å². The molecule has 3 rings (SSSR count). The molecule has 0 amide bonds. The number of β-amino-alcohol motifs (C(OH)–C–C–N with tert-alkyl or cyclic N) is 1. The van der Waals surface area contributed by atoms with Gasteiger partial charge in [0.1, 0.15) is 0 Å². The number of likely N-dealkylation sites (tertiary alicyclic amines) is 1. The molecule has 3 heteroatoms. The van der Waals surface area contributed by atoms with Gasteiger partial charge in [0.2, 0.25) is 0 Å². The van der Waals surface area contributed by atoms with Crippen molar-refractivity contribution in [3.63, 3.8) is 0 Å². The lowest BCUT2D eigenvalue weighted by Gasteiger charge is -2.35. The number of piperidine rings is 1. The van der Waals surface area contributed by atoms with E-state index < -0.39 is 6.10 Å². The highest BCUT2D eigenvalue weighted by molar-refractivity contribution is 5.20. The third kappa shape index (κ3) is 4.67. The monoisotopic (exact) mass is 324 g/mol. The van der Waals surface area contributed by atoms with Crippen LogP contribution in [0.2, 0.25) is 0 Å². The Morgan fingerprint density at radius 2 is 1.71 bits per heavy atom. The molecule has 1 saturated heterocycles. The summed E-state index contributed by atoms with van der Waals surface area (Å²) in [4.78, 5) is 2.37. The quantitative estimate of drug-likeness (QED) is 0.859. The zero-order chi connectivity index (χ0) is 16.8. The molecule has 1 aliphatic heterocycles. The van der Waals surface area contributed by atoms with Gasteiger partial charge in [-0.25, -0.2) is 0 Å². The van der Waals surface area contributed by atoms with Crippen LogP contribution in [-0.4, -0.2) is 41.8 Å². The van der Waals surface area contributed by atoms with E-state index in [9.17, 15) is 5.11 Å². The minimum Gasteiger partial charge on any atom is -0.390 e. The van der Waals surface area contributed by atoms with Crippen LogP contribution in [0.25, 0.3) is 0 Å². The molecule has 0 unspecified atom stereocenters. The van der Waals surface area contributed by atoms with Gasteiger partial charge in [-0.05, 0) is 42.9 Å². The minimum atomic E-state index is -0.486. The Morgan fingerprint density at radius 1 is 1.04 bits per heavy atom. The second kappa shape index (κ2) is 8.43. The van der Waals surface area contributed by atoms with Crippen LogP contribution in [0.3, 0.4) is 0 Å². The van der Waals surface area contributed by atoms with Gasteiger partial charge in [-0.3, -0.25) is 0 Å². The van der Waals surface area contributed by atoms with Crippen molar-refractivity contribution in [2.45, 2.75) is 37.3 Å². The minimum absolute atomic E-state index is 0.218. The van der Waals surface area contributed by atoms with E-state index in [-0.39, 0.29) is 6.04 Å². The maximum Gasteiger partial charge on any atom is 0.0820 e. The Morgan fingerprint density at radius 3 is 2.42 bits per heavy atom. The molecular weight excluding hydrogens is 296 g/mol. The summed E-state index contributed by atoms with van der Waals surface area (Å²) in [6.45, 7) is 2.73. The molecule has 3 atom stereocenters. The van der Waals surface area contributed by atoms with E-state index in [4.69, 9.17) is 5.73 Å². The Kier molecular flexibility index (Phi) is 6.02. The van der Waals surface area contributed by atoms with Crippen molar-refractivity contribution in [1.29, 1.82) is 0 Å². The molecule has 24 heavy (non-hydrogen) atoms. The number of hydrogen-bond acceptors (Lipinski definition) is 3. The van der Waals surface area contributed by atoms with E-state index in [1.807, 2.05) is 18.2 Å². The fraction of sp³-hybridized carbons (Fsp3) is 0.429. The van der Waals surface area contributed by atoms with Crippen LogP contribution >= 0.6 is 0 Å². The van der Waals surface area contributed by atoms with Gasteiger partial charge in [0.25, 0.3) is 0 Å². The van der Waals surface area contributed by atoms with Crippen molar-refractivity contribution in [3.05, 3.63) is 71.8 Å². The lowest BCUT2D eigenvalue weighted by atomic mass is 9.90. The van der Waals surface area contributed by atoms with Crippen LogP contribution in [0.4, 0.5) is 0 Å². The lowest BCUT2D eigenvalue weighted by molar-refractivity contribution is 0.0772. The van der Waals surface area contributed by atoms with Crippen LogP contribution in [-0.2, 0) is 6.42 Å². The molecule has 3 nitrogen and oxygen atoms in total. The summed E-state index contributed by atoms with van der Waals surface area (Å²) in [5.74, 6) is 0.567. The first-order valence-corrected chi connectivity index (χ1v) is 8.97. The van der Waals surface area contributed by atoms with E-state index >= 15 is 0 Å². The van der Waals surface area contributed by atoms with E-state index in [1.165, 1.54) is 24.0 Å². The highest BCUT2D eigenvalue weighted by Crippen LogP contribution is 2.26. The zero-order valence-electron chi connectivity index (χ0n) is 14.2. The summed E-state index contributed by atoms with van der Waals surface area (Å²) in [6.07, 6.45) is 2.64. The Hall–Kier alpha value is -1.68. The van der Waals surface area contributed by atoms with Gasteiger partial charge < -0.3 is 15.7 Å². The molecule has 2 aromatic rings. The number of nitrogens with zero attached hydrogens (tertiary/aromatic N) is 1. The third-order valence-electron chi connectivity index (χ3n) is 5.03. The van der Waals surface area contributed by atoms with Crippen LogP contribution in [0.15, 0.2) is 60.7 Å². The van der Waals surface area contributed by atoms with Crippen molar-refractivity contribution in [3.8, 4) is 0 Å². The number of rotatable bonds is 6. The normalized spacial score (nSPS) is 21.3. The Balaban J connectivity index is 1.53. The van der Waals surface area contributed by atoms with Gasteiger partial charge in [-0.2, -0.15) is 0 Å². The topological polar surface area (TPSA) is 49.5 Å². The summed E-state index contributed by atoms with van der Waals surface area (Å²) in [5, 5.41) is 10.5. The van der Waals surface area contributed by atoms with Crippen molar-refractivity contribution in [1.82, 2.24) is 4.90 Å². The number of aliphatic hydroxyl groups is 1. The van der Waals surface area contributed by atoms with Crippen LogP contribution in [0.5, 0.6) is 0 Å². The van der Waals surface area contributed by atoms with E-state index in [2.05, 4.69) is 47.4 Å². The molecule has 2 aromatic carbocycles. The summed E-state index contributed by atoms with van der Waals surface area (Å²) < 4.78 is 0. The molecular formula is C21H28N2O. The summed E-state index contributed by atoms with van der Waals surface area (Å²) >= 11 is 0. The maximum atomic E-state index is 10.5. The summed E-state index contributed by atoms with van der Waals surface area (Å²) in [6, 6.07) is 20.7. The predicted molar refractivity (Wildman–Crippen MR) is 99.0 cm³/mol. The smallest absolute Gasteiger partial charge is 0.0820 e. The zero-order valence-corrected chi connectivity index (χ0v) is 14.2. The van der Waals surface area contributed by atoms with E-state index in [1.54, 1.807) is 0 Å². The molecule has 0 radical (unpaired) electrons. The van der Waals surface area contributed by atoms with Crippen LogP contribution in [0.1, 0.15) is 29.9 Å². The molecule has 0 aromatic heterocycles.